The minimum absolute atomic E-state index is 0.129. The number of benzene rings is 2. The molecule has 34 heavy (non-hydrogen) atoms. The summed E-state index contributed by atoms with van der Waals surface area (Å²) < 4.78 is 16.2. The van der Waals surface area contributed by atoms with E-state index in [-0.39, 0.29) is 17.5 Å². The third kappa shape index (κ3) is 5.44. The number of carbonyl (C=O) groups is 2. The third-order valence-electron chi connectivity index (χ3n) is 5.01. The highest BCUT2D eigenvalue weighted by molar-refractivity contribution is 7.14. The van der Waals surface area contributed by atoms with Crippen LogP contribution in [0, 0.1) is 12.7 Å². The SMILES string of the molecule is CC(=O)N(c1nc(/C=C/C(=O)Nc2ccc(Cn3ccnc3C)cc2)cs1)c1ccccc1F. The summed E-state index contributed by atoms with van der Waals surface area (Å²) in [5.41, 5.74) is 2.38. The molecule has 4 aromatic rings. The minimum Gasteiger partial charge on any atom is -0.331 e. The highest BCUT2D eigenvalue weighted by Gasteiger charge is 2.20. The number of aryl methyl sites for hydroxylation is 1. The first-order chi connectivity index (χ1) is 16.4. The van der Waals surface area contributed by atoms with Crippen molar-refractivity contribution in [2.45, 2.75) is 20.4 Å². The van der Waals surface area contributed by atoms with Crippen LogP contribution in [0.25, 0.3) is 6.08 Å². The Kier molecular flexibility index (Phi) is 6.93. The van der Waals surface area contributed by atoms with Gasteiger partial charge in [0, 0.05) is 43.0 Å². The van der Waals surface area contributed by atoms with Gasteiger partial charge < -0.3 is 9.88 Å². The van der Waals surface area contributed by atoms with Gasteiger partial charge in [0.15, 0.2) is 5.13 Å². The summed E-state index contributed by atoms with van der Waals surface area (Å²) >= 11 is 1.19. The van der Waals surface area contributed by atoms with Crippen molar-refractivity contribution in [3.8, 4) is 0 Å². The zero-order valence-electron chi connectivity index (χ0n) is 18.6. The van der Waals surface area contributed by atoms with Crippen LogP contribution in [-0.2, 0) is 16.1 Å². The number of amides is 2. The molecule has 172 valence electrons. The lowest BCUT2D eigenvalue weighted by molar-refractivity contribution is -0.116. The number of imidazole rings is 1. The van der Waals surface area contributed by atoms with E-state index in [1.165, 1.54) is 41.4 Å². The van der Waals surface area contributed by atoms with E-state index in [4.69, 9.17) is 0 Å². The van der Waals surface area contributed by atoms with Gasteiger partial charge in [-0.1, -0.05) is 24.3 Å². The monoisotopic (exact) mass is 475 g/mol. The lowest BCUT2D eigenvalue weighted by atomic mass is 10.2. The zero-order chi connectivity index (χ0) is 24.1. The van der Waals surface area contributed by atoms with Crippen molar-refractivity contribution in [2.75, 3.05) is 10.2 Å². The maximum atomic E-state index is 14.2. The fourth-order valence-electron chi connectivity index (χ4n) is 3.30. The Bertz CT molecular complexity index is 1340. The van der Waals surface area contributed by atoms with Crippen LogP contribution >= 0.6 is 11.3 Å². The number of para-hydroxylation sites is 1. The Balaban J connectivity index is 1.39. The summed E-state index contributed by atoms with van der Waals surface area (Å²) in [5.74, 6) is -0.256. The molecule has 2 aromatic heterocycles. The van der Waals surface area contributed by atoms with Crippen LogP contribution in [-0.4, -0.2) is 26.3 Å². The largest absolute Gasteiger partial charge is 0.331 e. The predicted octanol–water partition coefficient (Wildman–Crippen LogP) is 5.17. The predicted molar refractivity (Wildman–Crippen MR) is 132 cm³/mol. The van der Waals surface area contributed by atoms with Gasteiger partial charge in [-0.25, -0.2) is 14.4 Å². The fraction of sp³-hybridized carbons (Fsp3) is 0.120. The molecule has 0 fully saturated rings. The summed E-state index contributed by atoms with van der Waals surface area (Å²) in [6, 6.07) is 13.6. The van der Waals surface area contributed by atoms with Gasteiger partial charge in [-0.3, -0.25) is 14.5 Å². The molecule has 0 aliphatic heterocycles. The third-order valence-corrected chi connectivity index (χ3v) is 5.86. The maximum Gasteiger partial charge on any atom is 0.248 e. The van der Waals surface area contributed by atoms with Gasteiger partial charge in [0.05, 0.1) is 11.4 Å². The molecule has 0 bridgehead atoms. The summed E-state index contributed by atoms with van der Waals surface area (Å²) in [6.07, 6.45) is 6.60. The first-order valence-corrected chi connectivity index (χ1v) is 11.3. The van der Waals surface area contributed by atoms with Crippen molar-refractivity contribution in [1.29, 1.82) is 0 Å². The lowest BCUT2D eigenvalue weighted by Crippen LogP contribution is -2.23. The van der Waals surface area contributed by atoms with Crippen LogP contribution < -0.4 is 10.2 Å². The quantitative estimate of drug-likeness (QED) is 0.374. The zero-order valence-corrected chi connectivity index (χ0v) is 19.4. The van der Waals surface area contributed by atoms with Crippen molar-refractivity contribution < 1.29 is 14.0 Å². The average Bonchev–Trinajstić information content (AvgIpc) is 3.44. The molecule has 2 heterocycles. The molecule has 1 N–H and O–H groups in total. The second kappa shape index (κ2) is 10.2. The van der Waals surface area contributed by atoms with E-state index in [1.54, 1.807) is 29.8 Å². The van der Waals surface area contributed by atoms with Crippen LogP contribution in [0.3, 0.4) is 0 Å². The van der Waals surface area contributed by atoms with Crippen LogP contribution in [0.15, 0.2) is 72.4 Å². The molecule has 0 aliphatic carbocycles. The molecule has 0 aliphatic rings. The van der Waals surface area contributed by atoms with E-state index in [1.807, 2.05) is 42.0 Å². The van der Waals surface area contributed by atoms with Crippen LogP contribution in [0.2, 0.25) is 0 Å². The first-order valence-electron chi connectivity index (χ1n) is 10.5. The number of thiazole rings is 1. The van der Waals surface area contributed by atoms with Gasteiger partial charge in [0.25, 0.3) is 0 Å². The molecule has 0 saturated heterocycles. The first kappa shape index (κ1) is 23.1. The molecule has 4 rings (SSSR count). The van der Waals surface area contributed by atoms with E-state index in [0.29, 0.717) is 23.1 Å². The number of anilines is 3. The topological polar surface area (TPSA) is 80.1 Å². The van der Waals surface area contributed by atoms with Crippen molar-refractivity contribution in [3.05, 3.63) is 95.3 Å². The lowest BCUT2D eigenvalue weighted by Gasteiger charge is -2.18. The molecule has 7 nitrogen and oxygen atoms in total. The van der Waals surface area contributed by atoms with E-state index in [0.717, 1.165) is 11.4 Å². The molecule has 0 radical (unpaired) electrons. The molecule has 2 amide bonds. The Hall–Kier alpha value is -4.11. The number of carbonyl (C=O) groups excluding carboxylic acids is 2. The maximum absolute atomic E-state index is 14.2. The summed E-state index contributed by atoms with van der Waals surface area (Å²) in [6.45, 7) is 4.00. The molecule has 0 unspecified atom stereocenters. The van der Waals surface area contributed by atoms with E-state index >= 15 is 0 Å². The van der Waals surface area contributed by atoms with Crippen LogP contribution in [0.1, 0.15) is 24.0 Å². The van der Waals surface area contributed by atoms with Gasteiger partial charge in [-0.05, 0) is 42.8 Å². The van der Waals surface area contributed by atoms with Crippen molar-refractivity contribution in [1.82, 2.24) is 14.5 Å². The Morgan fingerprint density at radius 3 is 2.62 bits per heavy atom. The van der Waals surface area contributed by atoms with E-state index in [2.05, 4.69) is 15.3 Å². The normalized spacial score (nSPS) is 11.0. The molecule has 0 atom stereocenters. The fourth-order valence-corrected chi connectivity index (χ4v) is 4.15. The summed E-state index contributed by atoms with van der Waals surface area (Å²) in [4.78, 5) is 34.3. The molecular formula is C25H22FN5O2S. The molecule has 9 heteroatoms. The summed E-state index contributed by atoms with van der Waals surface area (Å²) in [7, 11) is 0. The highest BCUT2D eigenvalue weighted by Crippen LogP contribution is 2.31. The number of hydrogen-bond donors (Lipinski definition) is 1. The van der Waals surface area contributed by atoms with Gasteiger partial charge in [0.1, 0.15) is 11.6 Å². The van der Waals surface area contributed by atoms with Crippen molar-refractivity contribution >= 4 is 45.7 Å². The van der Waals surface area contributed by atoms with Gasteiger partial charge in [-0.15, -0.1) is 11.3 Å². The number of hydrogen-bond acceptors (Lipinski definition) is 5. The highest BCUT2D eigenvalue weighted by atomic mass is 32.1. The number of nitrogens with zero attached hydrogens (tertiary/aromatic N) is 4. The van der Waals surface area contributed by atoms with Crippen molar-refractivity contribution in [3.63, 3.8) is 0 Å². The van der Waals surface area contributed by atoms with Gasteiger partial charge in [0.2, 0.25) is 11.8 Å². The van der Waals surface area contributed by atoms with Crippen LogP contribution in [0.5, 0.6) is 0 Å². The number of halogens is 1. The Labute approximate surface area is 200 Å². The van der Waals surface area contributed by atoms with Crippen molar-refractivity contribution in [2.24, 2.45) is 0 Å². The molecule has 0 spiro atoms. The Morgan fingerprint density at radius 2 is 1.94 bits per heavy atom. The number of aromatic nitrogens is 3. The minimum atomic E-state index is -0.518. The second-order valence-electron chi connectivity index (χ2n) is 7.48. The number of rotatable bonds is 7. The standard InChI is InChI=1S/C25H22FN5O2S/c1-17-27-13-14-30(17)15-19-7-9-20(10-8-19)28-24(33)12-11-21-16-34-25(29-21)31(18(2)32)23-6-4-3-5-22(23)26/h3-14,16H,15H2,1-2H3,(H,28,33)/b12-11+. The van der Waals surface area contributed by atoms with E-state index in [9.17, 15) is 14.0 Å². The van der Waals surface area contributed by atoms with Crippen LogP contribution in [0.4, 0.5) is 20.9 Å². The van der Waals surface area contributed by atoms with Gasteiger partial charge in [-0.2, -0.15) is 0 Å². The summed E-state index contributed by atoms with van der Waals surface area (Å²) in [5, 5.41) is 4.83. The average molecular weight is 476 g/mol. The molecule has 2 aromatic carbocycles. The van der Waals surface area contributed by atoms with E-state index < -0.39 is 5.82 Å². The smallest absolute Gasteiger partial charge is 0.248 e. The molecular weight excluding hydrogens is 453 g/mol. The molecule has 0 saturated carbocycles. The number of nitrogens with one attached hydrogen (secondary N) is 1. The Morgan fingerprint density at radius 1 is 1.18 bits per heavy atom. The second-order valence-corrected chi connectivity index (χ2v) is 8.32. The van der Waals surface area contributed by atoms with Gasteiger partial charge >= 0.3 is 0 Å².